The molecule has 0 unspecified atom stereocenters. The largest absolute Gasteiger partial charge is 0.481 e. The average Bonchev–Trinajstić information content (AvgIpc) is 3.05. The Morgan fingerprint density at radius 3 is 1.60 bits per heavy atom. The first-order chi connectivity index (χ1) is 25.1. The van der Waals surface area contributed by atoms with Crippen LogP contribution in [0.4, 0.5) is 0 Å². The van der Waals surface area contributed by atoms with Crippen molar-refractivity contribution in [2.75, 3.05) is 0 Å². The lowest BCUT2D eigenvalue weighted by atomic mass is 9.97. The van der Waals surface area contributed by atoms with Crippen molar-refractivity contribution in [3.8, 4) is 0 Å². The first-order valence-electron chi connectivity index (χ1n) is 19.2. The molecule has 8 N–H and O–H groups in total. The fourth-order valence-electron chi connectivity index (χ4n) is 5.49. The highest BCUT2D eigenvalue weighted by Crippen LogP contribution is 2.13. The number of benzene rings is 1. The topological polar surface area (TPSA) is 223 Å². The second-order valence-corrected chi connectivity index (χ2v) is 15.7. The third-order valence-corrected chi connectivity index (χ3v) is 8.40. The summed E-state index contributed by atoms with van der Waals surface area (Å²) in [5, 5.41) is 42.4. The van der Waals surface area contributed by atoms with Gasteiger partial charge in [-0.05, 0) is 55.9 Å². The molecule has 0 bridgehead atoms. The van der Waals surface area contributed by atoms with Gasteiger partial charge in [-0.25, -0.2) is 0 Å². The van der Waals surface area contributed by atoms with Gasteiger partial charge >= 0.3 is 5.97 Å². The quantitative estimate of drug-likeness (QED) is 0.0858. The number of nitrogens with one attached hydrogen (secondary N) is 5. The van der Waals surface area contributed by atoms with Gasteiger partial charge in [0.25, 0.3) is 0 Å². The smallest absolute Gasteiger partial charge is 0.306 e. The molecule has 0 radical (unpaired) electrons. The SMILES string of the molecule is C.CC(C)CC(=O)N[C@@H](Cc1ccccc1)C(=O)N[C@H](C(=O)N[C@@H](CC(C)C)[C@H](C)O)C(C)C.CCC(=O)N[C@@H](C)C(=O)N[C@@H](CC(C)C)[C@@H](O)CC(=O)O. The van der Waals surface area contributed by atoms with E-state index in [1.807, 2.05) is 85.7 Å². The highest BCUT2D eigenvalue weighted by molar-refractivity contribution is 5.92. The van der Waals surface area contributed by atoms with Gasteiger partial charge in [0.2, 0.25) is 29.5 Å². The van der Waals surface area contributed by atoms with Crippen LogP contribution in [0.15, 0.2) is 30.3 Å². The minimum Gasteiger partial charge on any atom is -0.481 e. The van der Waals surface area contributed by atoms with Gasteiger partial charge in [-0.2, -0.15) is 0 Å². The lowest BCUT2D eigenvalue weighted by molar-refractivity contribution is -0.140. The van der Waals surface area contributed by atoms with E-state index in [9.17, 15) is 39.0 Å². The van der Waals surface area contributed by atoms with E-state index < -0.39 is 66.6 Å². The summed E-state index contributed by atoms with van der Waals surface area (Å²) in [6.07, 6.45) is -0.311. The van der Waals surface area contributed by atoms with Crippen LogP contribution in [0.25, 0.3) is 0 Å². The van der Waals surface area contributed by atoms with Crippen LogP contribution in [0.1, 0.15) is 121 Å². The number of carboxylic acid groups (broad SMARTS) is 1. The summed E-state index contributed by atoms with van der Waals surface area (Å²) in [4.78, 5) is 72.6. The number of aliphatic hydroxyl groups is 2. The van der Waals surface area contributed by atoms with Gasteiger partial charge in [0, 0.05) is 19.3 Å². The van der Waals surface area contributed by atoms with E-state index in [1.165, 1.54) is 0 Å². The van der Waals surface area contributed by atoms with E-state index in [4.69, 9.17) is 5.11 Å². The van der Waals surface area contributed by atoms with Crippen LogP contribution >= 0.6 is 0 Å². The van der Waals surface area contributed by atoms with Crippen molar-refractivity contribution < 1.29 is 44.1 Å². The molecule has 1 aromatic carbocycles. The molecule has 0 fully saturated rings. The van der Waals surface area contributed by atoms with Crippen LogP contribution in [-0.2, 0) is 35.2 Å². The van der Waals surface area contributed by atoms with Crippen LogP contribution in [0.5, 0.6) is 0 Å². The molecule has 5 amide bonds. The number of hydrogen-bond donors (Lipinski definition) is 8. The molecule has 0 aromatic heterocycles. The summed E-state index contributed by atoms with van der Waals surface area (Å²) in [5.41, 5.74) is 0.916. The van der Waals surface area contributed by atoms with Gasteiger partial charge in [-0.15, -0.1) is 0 Å². The zero-order valence-corrected chi connectivity index (χ0v) is 34.3. The van der Waals surface area contributed by atoms with Gasteiger partial charge in [-0.1, -0.05) is 100 Å². The predicted molar refractivity (Wildman–Crippen MR) is 216 cm³/mol. The highest BCUT2D eigenvalue weighted by Gasteiger charge is 2.31. The number of aliphatic hydroxyl groups excluding tert-OH is 2. The lowest BCUT2D eigenvalue weighted by Crippen LogP contribution is -2.58. The molecule has 7 atom stereocenters. The average molecular weight is 780 g/mol. The Labute approximate surface area is 329 Å². The van der Waals surface area contributed by atoms with Crippen molar-refractivity contribution in [1.82, 2.24) is 26.6 Å². The van der Waals surface area contributed by atoms with Crippen molar-refractivity contribution in [3.05, 3.63) is 35.9 Å². The fraction of sp³-hybridized carbons (Fsp3) is 0.707. The maximum absolute atomic E-state index is 13.2. The molecule has 0 aliphatic carbocycles. The molecule has 0 heterocycles. The fourth-order valence-corrected chi connectivity index (χ4v) is 5.49. The molecule has 0 spiro atoms. The van der Waals surface area contributed by atoms with Crippen LogP contribution in [-0.4, -0.2) is 93.2 Å². The number of carbonyl (C=O) groups is 6. The first-order valence-corrected chi connectivity index (χ1v) is 19.2. The first kappa shape index (κ1) is 53.1. The summed E-state index contributed by atoms with van der Waals surface area (Å²) in [6.45, 7) is 20.3. The Morgan fingerprint density at radius 2 is 1.15 bits per heavy atom. The third kappa shape index (κ3) is 23.5. The second kappa shape index (κ2) is 27.5. The number of hydrogen-bond acceptors (Lipinski definition) is 8. The van der Waals surface area contributed by atoms with E-state index in [1.54, 1.807) is 20.8 Å². The lowest BCUT2D eigenvalue weighted by Gasteiger charge is -2.29. The number of amides is 5. The predicted octanol–water partition coefficient (Wildman–Crippen LogP) is 3.72. The molecule has 1 rings (SSSR count). The van der Waals surface area contributed by atoms with Gasteiger partial charge < -0.3 is 41.9 Å². The third-order valence-electron chi connectivity index (χ3n) is 8.40. The highest BCUT2D eigenvalue weighted by atomic mass is 16.4. The maximum Gasteiger partial charge on any atom is 0.306 e. The Morgan fingerprint density at radius 1 is 0.618 bits per heavy atom. The van der Waals surface area contributed by atoms with E-state index in [2.05, 4.69) is 26.6 Å². The molecule has 0 aliphatic rings. The molecule has 0 aliphatic heterocycles. The summed E-state index contributed by atoms with van der Waals surface area (Å²) in [6, 6.07) is 6.10. The van der Waals surface area contributed by atoms with Crippen LogP contribution in [0, 0.1) is 23.7 Å². The second-order valence-electron chi connectivity index (χ2n) is 15.7. The molecule has 55 heavy (non-hydrogen) atoms. The van der Waals surface area contributed by atoms with Gasteiger partial charge in [0.05, 0.1) is 30.7 Å². The summed E-state index contributed by atoms with van der Waals surface area (Å²) in [7, 11) is 0. The Balaban J connectivity index is 0. The van der Waals surface area contributed by atoms with Crippen molar-refractivity contribution in [1.29, 1.82) is 0 Å². The van der Waals surface area contributed by atoms with E-state index in [-0.39, 0.29) is 49.3 Å². The minimum atomic E-state index is -1.16. The van der Waals surface area contributed by atoms with Crippen molar-refractivity contribution in [2.24, 2.45) is 23.7 Å². The Kier molecular flexibility index (Phi) is 26.6. The van der Waals surface area contributed by atoms with Gasteiger partial charge in [0.15, 0.2) is 0 Å². The number of aliphatic carboxylic acids is 1. The van der Waals surface area contributed by atoms with E-state index >= 15 is 0 Å². The molecule has 0 saturated heterocycles. The van der Waals surface area contributed by atoms with Crippen molar-refractivity contribution in [2.45, 2.75) is 165 Å². The Hall–Kier alpha value is -4.04. The number of carboxylic acids is 1. The normalized spacial score (nSPS) is 14.9. The Bertz CT molecular complexity index is 1300. The molecule has 0 saturated carbocycles. The zero-order chi connectivity index (χ0) is 41.7. The number of rotatable bonds is 22. The monoisotopic (exact) mass is 780 g/mol. The van der Waals surface area contributed by atoms with Crippen LogP contribution < -0.4 is 26.6 Å². The molecular weight excluding hydrogens is 706 g/mol. The molecular formula is C41H73N5O9. The summed E-state index contributed by atoms with van der Waals surface area (Å²) < 4.78 is 0. The van der Waals surface area contributed by atoms with Crippen molar-refractivity contribution >= 4 is 35.5 Å². The van der Waals surface area contributed by atoms with E-state index in [0.29, 0.717) is 31.6 Å². The van der Waals surface area contributed by atoms with Gasteiger partial charge in [-0.3, -0.25) is 28.8 Å². The van der Waals surface area contributed by atoms with Crippen LogP contribution in [0.3, 0.4) is 0 Å². The maximum atomic E-state index is 13.2. The van der Waals surface area contributed by atoms with E-state index in [0.717, 1.165) is 5.56 Å². The molecule has 14 nitrogen and oxygen atoms in total. The molecule has 316 valence electrons. The zero-order valence-electron chi connectivity index (χ0n) is 34.3. The van der Waals surface area contributed by atoms with Crippen LogP contribution in [0.2, 0.25) is 0 Å². The van der Waals surface area contributed by atoms with Crippen molar-refractivity contribution in [3.63, 3.8) is 0 Å². The summed E-state index contributed by atoms with van der Waals surface area (Å²) >= 11 is 0. The molecule has 1 aromatic rings. The number of carbonyl (C=O) groups excluding carboxylic acids is 5. The standard InChI is InChI=1S/C26H43N3O4.C14H26N2O5.CH4/c1-16(2)13-21(19(7)30)28-26(33)24(18(5)6)29-25(32)22(27-23(31)14-17(3)4)15-20-11-9-8-10-12-20;1-5-12(18)15-9(4)14(21)16-10(6-8(2)3)11(17)7-13(19)20;/h8-12,16-19,21-22,24,30H,13-15H2,1-7H3,(H,27,31)(H,28,33)(H,29,32);8-11,17H,5-7H2,1-4H3,(H,15,18)(H,16,21)(H,19,20);1H4/t19-,21-,22-,24-;9-,10-,11-;/m00./s1. The van der Waals surface area contributed by atoms with Gasteiger partial charge in [0.1, 0.15) is 18.1 Å². The molecule has 14 heteroatoms. The minimum absolute atomic E-state index is 0. The summed E-state index contributed by atoms with van der Waals surface area (Å²) in [5.74, 6) is -2.28.